The molecule has 1 atom stereocenters. The average Bonchev–Trinajstić information content (AvgIpc) is 3.19. The minimum atomic E-state index is -0.299. The van der Waals surface area contributed by atoms with Gasteiger partial charge in [-0.05, 0) is 64.3 Å². The number of rotatable bonds is 8. The van der Waals surface area contributed by atoms with E-state index in [1.54, 1.807) is 10.7 Å². The van der Waals surface area contributed by atoms with Gasteiger partial charge < -0.3 is 25.6 Å². The quantitative estimate of drug-likeness (QED) is 0.321. The number of nitriles is 1. The lowest BCUT2D eigenvalue weighted by Crippen LogP contribution is -2.40. The van der Waals surface area contributed by atoms with Gasteiger partial charge >= 0.3 is 6.03 Å². The van der Waals surface area contributed by atoms with Crippen molar-refractivity contribution in [3.63, 3.8) is 0 Å². The lowest BCUT2D eigenvalue weighted by Gasteiger charge is -2.20. The number of aryl methyl sites for hydroxylation is 1. The number of hydrogen-bond donors (Lipinski definition) is 3. The molecule has 2 aromatic heterocycles. The zero-order chi connectivity index (χ0) is 25.7. The molecule has 0 aliphatic heterocycles. The van der Waals surface area contributed by atoms with Gasteiger partial charge in [-0.1, -0.05) is 18.2 Å². The number of carbonyl (C=O) groups excluding carboxylic acids is 1. The van der Waals surface area contributed by atoms with E-state index in [0.717, 1.165) is 17.0 Å². The maximum Gasteiger partial charge on any atom is 0.319 e. The minimum absolute atomic E-state index is 0.199. The molecular formula is C27H29N7O2. The van der Waals surface area contributed by atoms with Crippen LogP contribution < -0.4 is 20.7 Å². The molecular weight excluding hydrogens is 454 g/mol. The topological polar surface area (TPSA) is 107 Å². The fourth-order valence-corrected chi connectivity index (χ4v) is 3.59. The second kappa shape index (κ2) is 10.8. The van der Waals surface area contributed by atoms with Crippen LogP contribution in [0.15, 0.2) is 67.0 Å². The fourth-order valence-electron chi connectivity index (χ4n) is 3.59. The average molecular weight is 484 g/mol. The van der Waals surface area contributed by atoms with Crippen LogP contribution in [0, 0.1) is 18.3 Å². The molecule has 0 saturated carbocycles. The molecule has 0 aliphatic carbocycles. The van der Waals surface area contributed by atoms with E-state index in [-0.39, 0.29) is 12.1 Å². The van der Waals surface area contributed by atoms with E-state index in [4.69, 9.17) is 4.74 Å². The van der Waals surface area contributed by atoms with Gasteiger partial charge in [0.05, 0.1) is 34.8 Å². The molecule has 184 valence electrons. The van der Waals surface area contributed by atoms with Gasteiger partial charge in [-0.25, -0.2) is 9.31 Å². The highest BCUT2D eigenvalue weighted by Gasteiger charge is 2.17. The van der Waals surface area contributed by atoms with Crippen molar-refractivity contribution < 1.29 is 9.53 Å². The summed E-state index contributed by atoms with van der Waals surface area (Å²) in [5, 5.41) is 23.2. The molecule has 0 bridgehead atoms. The van der Waals surface area contributed by atoms with Gasteiger partial charge in [0, 0.05) is 23.8 Å². The number of nitrogens with one attached hydrogen (secondary N) is 3. The number of anilines is 3. The molecule has 2 amide bonds. The molecule has 36 heavy (non-hydrogen) atoms. The number of carbonyl (C=O) groups is 1. The first-order chi connectivity index (χ1) is 17.4. The van der Waals surface area contributed by atoms with Gasteiger partial charge in [0.15, 0.2) is 0 Å². The van der Waals surface area contributed by atoms with Gasteiger partial charge in [-0.15, -0.1) is 0 Å². The summed E-state index contributed by atoms with van der Waals surface area (Å²) in [6, 6.07) is 19.1. The molecule has 1 unspecified atom stereocenters. The number of amides is 2. The Morgan fingerprint density at radius 1 is 1.14 bits per heavy atom. The van der Waals surface area contributed by atoms with E-state index >= 15 is 0 Å². The highest BCUT2D eigenvalue weighted by molar-refractivity contribution is 5.94. The van der Waals surface area contributed by atoms with Gasteiger partial charge in [0.1, 0.15) is 17.6 Å². The summed E-state index contributed by atoms with van der Waals surface area (Å²) in [5.41, 5.74) is 3.89. The summed E-state index contributed by atoms with van der Waals surface area (Å²) in [5.74, 6) is 1.46. The monoisotopic (exact) mass is 483 g/mol. The Hall–Kier alpha value is -4.55. The third kappa shape index (κ3) is 5.56. The normalized spacial score (nSPS) is 11.7. The van der Waals surface area contributed by atoms with Gasteiger partial charge in [-0.2, -0.15) is 10.4 Å². The second-order valence-electron chi connectivity index (χ2n) is 8.72. The first-order valence-electron chi connectivity index (χ1n) is 11.6. The molecule has 9 heteroatoms. The van der Waals surface area contributed by atoms with Gasteiger partial charge in [-0.3, -0.25) is 0 Å². The molecule has 0 saturated heterocycles. The zero-order valence-corrected chi connectivity index (χ0v) is 20.7. The maximum absolute atomic E-state index is 12.5. The Morgan fingerprint density at radius 3 is 2.50 bits per heavy atom. The standard InChI is InChI=1S/C27H29N7O2/c1-18(33(3)4)15-29-27(35)32-24-17-34-26(19(24)2)25(20(14-28)16-30-34)31-21-10-12-23(13-11-21)36-22-8-6-5-7-9-22/h5-13,16-18,31H,15H2,1-4H3,(H2,29,32,35). The van der Waals surface area contributed by atoms with E-state index < -0.39 is 0 Å². The molecule has 0 spiro atoms. The maximum atomic E-state index is 12.5. The van der Waals surface area contributed by atoms with Crippen molar-refractivity contribution in [1.29, 1.82) is 5.26 Å². The van der Waals surface area contributed by atoms with E-state index in [1.807, 2.05) is 87.4 Å². The first-order valence-corrected chi connectivity index (χ1v) is 11.6. The van der Waals surface area contributed by atoms with Crippen LogP contribution in [0.1, 0.15) is 18.1 Å². The highest BCUT2D eigenvalue weighted by atomic mass is 16.5. The summed E-state index contributed by atoms with van der Waals surface area (Å²) in [6.45, 7) is 4.43. The summed E-state index contributed by atoms with van der Waals surface area (Å²) >= 11 is 0. The third-order valence-corrected chi connectivity index (χ3v) is 5.97. The Labute approximate surface area is 210 Å². The number of likely N-dealkylation sites (N-methyl/N-ethyl adjacent to an activating group) is 1. The highest BCUT2D eigenvalue weighted by Crippen LogP contribution is 2.33. The van der Waals surface area contributed by atoms with Gasteiger partial charge in [0.25, 0.3) is 0 Å². The van der Waals surface area contributed by atoms with Crippen LogP contribution in [0.4, 0.5) is 21.9 Å². The van der Waals surface area contributed by atoms with Crippen molar-refractivity contribution in [2.45, 2.75) is 19.9 Å². The molecule has 2 heterocycles. The van der Waals surface area contributed by atoms with Crippen molar-refractivity contribution in [2.24, 2.45) is 0 Å². The van der Waals surface area contributed by atoms with Crippen LogP contribution in [0.5, 0.6) is 11.5 Å². The number of urea groups is 1. The Kier molecular flexibility index (Phi) is 7.37. The van der Waals surface area contributed by atoms with Crippen LogP contribution in [-0.2, 0) is 0 Å². The number of hydrogen-bond acceptors (Lipinski definition) is 6. The number of fused-ring (bicyclic) bond motifs is 1. The predicted molar refractivity (Wildman–Crippen MR) is 141 cm³/mol. The van der Waals surface area contributed by atoms with Crippen molar-refractivity contribution in [1.82, 2.24) is 19.8 Å². The van der Waals surface area contributed by atoms with Crippen LogP contribution in [0.25, 0.3) is 5.52 Å². The molecule has 4 rings (SSSR count). The fraction of sp³-hybridized carbons (Fsp3) is 0.222. The van der Waals surface area contributed by atoms with Gasteiger partial charge in [0.2, 0.25) is 0 Å². The lowest BCUT2D eigenvalue weighted by molar-refractivity contribution is 0.245. The molecule has 0 fully saturated rings. The smallest absolute Gasteiger partial charge is 0.319 e. The molecule has 9 nitrogen and oxygen atoms in total. The second-order valence-corrected chi connectivity index (χ2v) is 8.72. The molecule has 2 aromatic carbocycles. The number of para-hydroxylation sites is 1. The number of benzene rings is 2. The lowest BCUT2D eigenvalue weighted by atomic mass is 10.1. The van der Waals surface area contributed by atoms with E-state index in [1.165, 1.54) is 6.20 Å². The minimum Gasteiger partial charge on any atom is -0.457 e. The molecule has 4 aromatic rings. The van der Waals surface area contributed by atoms with Crippen LogP contribution >= 0.6 is 0 Å². The number of ether oxygens (including phenoxy) is 1. The summed E-state index contributed by atoms with van der Waals surface area (Å²) in [4.78, 5) is 14.5. The predicted octanol–water partition coefficient (Wildman–Crippen LogP) is 5.12. The van der Waals surface area contributed by atoms with Crippen LogP contribution in [0.3, 0.4) is 0 Å². The Morgan fingerprint density at radius 2 is 1.83 bits per heavy atom. The first kappa shape index (κ1) is 24.6. The summed E-state index contributed by atoms with van der Waals surface area (Å²) in [6.07, 6.45) is 3.24. The van der Waals surface area contributed by atoms with E-state index in [0.29, 0.717) is 34.7 Å². The van der Waals surface area contributed by atoms with Crippen LogP contribution in [-0.4, -0.2) is 47.2 Å². The van der Waals surface area contributed by atoms with Crippen LogP contribution in [0.2, 0.25) is 0 Å². The molecule has 0 radical (unpaired) electrons. The van der Waals surface area contributed by atoms with Crippen molar-refractivity contribution >= 4 is 28.6 Å². The largest absolute Gasteiger partial charge is 0.457 e. The molecule has 0 aliphatic rings. The Bertz CT molecular complexity index is 1390. The SMILES string of the molecule is Cc1c(NC(=O)NCC(C)N(C)C)cn2ncc(C#N)c(Nc3ccc(Oc4ccccc4)cc3)c12. The van der Waals surface area contributed by atoms with Crippen molar-refractivity contribution in [3.8, 4) is 17.6 Å². The molecule has 3 N–H and O–H groups in total. The summed E-state index contributed by atoms with van der Waals surface area (Å²) < 4.78 is 7.52. The Balaban J connectivity index is 1.55. The van der Waals surface area contributed by atoms with Crippen molar-refractivity contribution in [3.05, 3.63) is 78.1 Å². The number of nitrogens with zero attached hydrogens (tertiary/aromatic N) is 4. The summed E-state index contributed by atoms with van der Waals surface area (Å²) in [7, 11) is 3.93. The van der Waals surface area contributed by atoms with E-state index in [2.05, 4.69) is 27.1 Å². The number of aromatic nitrogens is 2. The zero-order valence-electron chi connectivity index (χ0n) is 20.7. The van der Waals surface area contributed by atoms with Crippen molar-refractivity contribution in [2.75, 3.05) is 31.3 Å². The third-order valence-electron chi connectivity index (χ3n) is 5.97. The van der Waals surface area contributed by atoms with E-state index in [9.17, 15) is 10.1 Å².